The summed E-state index contributed by atoms with van der Waals surface area (Å²) >= 11 is 0. The van der Waals surface area contributed by atoms with E-state index in [1.165, 1.54) is 19.2 Å². The molecule has 0 fully saturated rings. The minimum Gasteiger partial charge on any atom is -0.351 e. The van der Waals surface area contributed by atoms with Crippen LogP contribution >= 0.6 is 0 Å². The summed E-state index contributed by atoms with van der Waals surface area (Å²) < 4.78 is 41.3. The van der Waals surface area contributed by atoms with Crippen molar-refractivity contribution in [1.82, 2.24) is 20.8 Å². The molecule has 23 heavy (non-hydrogen) atoms. The number of hydrogen-bond donors (Lipinski definition) is 2. The summed E-state index contributed by atoms with van der Waals surface area (Å²) in [5.74, 6) is -3.18. The lowest BCUT2D eigenvalue weighted by atomic mass is 10.1. The molecule has 0 saturated heterocycles. The standard InChI is InChI=1S/C13H11F3N4O3/c1-17-10(21)11(22)18-6-7-2-4-8(5-3-7)9-19-12(23-20-9)13(14,15)16/h2-5H,6H2,1H3,(H,17,21)(H,18,22). The number of halogens is 3. The van der Waals surface area contributed by atoms with E-state index < -0.39 is 23.9 Å². The van der Waals surface area contributed by atoms with Gasteiger partial charge in [-0.1, -0.05) is 29.4 Å². The molecule has 1 aromatic carbocycles. The van der Waals surface area contributed by atoms with Gasteiger partial charge in [0.1, 0.15) is 0 Å². The van der Waals surface area contributed by atoms with Crippen molar-refractivity contribution < 1.29 is 27.3 Å². The Bertz CT molecular complexity index is 710. The van der Waals surface area contributed by atoms with E-state index in [4.69, 9.17) is 0 Å². The Hall–Kier alpha value is -2.91. The molecule has 0 atom stereocenters. The van der Waals surface area contributed by atoms with Gasteiger partial charge in [0.15, 0.2) is 0 Å². The van der Waals surface area contributed by atoms with Crippen LogP contribution in [-0.2, 0) is 22.3 Å². The number of hydrogen-bond acceptors (Lipinski definition) is 5. The zero-order valence-electron chi connectivity index (χ0n) is 11.8. The van der Waals surface area contributed by atoms with Gasteiger partial charge in [0.25, 0.3) is 0 Å². The molecule has 2 aromatic rings. The summed E-state index contributed by atoms with van der Waals surface area (Å²) in [7, 11) is 1.33. The number of nitrogens with zero attached hydrogens (tertiary/aromatic N) is 2. The van der Waals surface area contributed by atoms with Crippen LogP contribution in [0.15, 0.2) is 28.8 Å². The third kappa shape index (κ3) is 4.05. The molecule has 2 amide bonds. The molecule has 7 nitrogen and oxygen atoms in total. The van der Waals surface area contributed by atoms with E-state index in [0.717, 1.165) is 0 Å². The molecule has 0 radical (unpaired) electrons. The van der Waals surface area contributed by atoms with Crippen molar-refractivity contribution in [3.63, 3.8) is 0 Å². The quantitative estimate of drug-likeness (QED) is 0.823. The highest BCUT2D eigenvalue weighted by molar-refractivity contribution is 6.34. The first-order chi connectivity index (χ1) is 10.8. The maximum Gasteiger partial charge on any atom is 0.471 e. The van der Waals surface area contributed by atoms with Crippen LogP contribution in [0.2, 0.25) is 0 Å². The van der Waals surface area contributed by atoms with E-state index >= 15 is 0 Å². The van der Waals surface area contributed by atoms with Crippen LogP contribution in [0.5, 0.6) is 0 Å². The number of nitrogens with one attached hydrogen (secondary N) is 2. The second kappa shape index (κ2) is 6.46. The van der Waals surface area contributed by atoms with Crippen LogP contribution in [0.1, 0.15) is 11.5 Å². The first kappa shape index (κ1) is 16.5. The van der Waals surface area contributed by atoms with Gasteiger partial charge >= 0.3 is 23.9 Å². The molecule has 1 heterocycles. The fraction of sp³-hybridized carbons (Fsp3) is 0.231. The van der Waals surface area contributed by atoms with Crippen LogP contribution < -0.4 is 10.6 Å². The highest BCUT2D eigenvalue weighted by Crippen LogP contribution is 2.29. The summed E-state index contributed by atoms with van der Waals surface area (Å²) in [4.78, 5) is 25.5. The topological polar surface area (TPSA) is 97.1 Å². The van der Waals surface area contributed by atoms with Gasteiger partial charge in [-0.25, -0.2) is 0 Å². The van der Waals surface area contributed by atoms with Crippen LogP contribution in [0.3, 0.4) is 0 Å². The van der Waals surface area contributed by atoms with Crippen molar-refractivity contribution >= 4 is 11.8 Å². The van der Waals surface area contributed by atoms with Gasteiger partial charge in [-0.05, 0) is 5.56 Å². The van der Waals surface area contributed by atoms with E-state index in [9.17, 15) is 22.8 Å². The third-order valence-corrected chi connectivity index (χ3v) is 2.77. The lowest BCUT2D eigenvalue weighted by molar-refractivity contribution is -0.159. The average Bonchev–Trinajstić information content (AvgIpc) is 3.02. The third-order valence-electron chi connectivity index (χ3n) is 2.77. The Kier molecular flexibility index (Phi) is 4.63. The van der Waals surface area contributed by atoms with Crippen LogP contribution in [0.4, 0.5) is 13.2 Å². The van der Waals surface area contributed by atoms with Crippen molar-refractivity contribution in [3.8, 4) is 11.4 Å². The number of alkyl halides is 3. The zero-order chi connectivity index (χ0) is 17.0. The summed E-state index contributed by atoms with van der Waals surface area (Å²) in [6.07, 6.45) is -4.70. The number of carbonyl (C=O) groups is 2. The Balaban J connectivity index is 2.03. The Morgan fingerprint density at radius 2 is 1.83 bits per heavy atom. The van der Waals surface area contributed by atoms with Gasteiger partial charge in [-0.3, -0.25) is 9.59 Å². The molecule has 2 rings (SSSR count). The van der Waals surface area contributed by atoms with Gasteiger partial charge in [-0.15, -0.1) is 0 Å². The van der Waals surface area contributed by atoms with Gasteiger partial charge in [0.2, 0.25) is 5.82 Å². The first-order valence-corrected chi connectivity index (χ1v) is 6.31. The monoisotopic (exact) mass is 328 g/mol. The van der Waals surface area contributed by atoms with Crippen molar-refractivity contribution in [3.05, 3.63) is 35.7 Å². The molecular weight excluding hydrogens is 317 g/mol. The number of aromatic nitrogens is 2. The van der Waals surface area contributed by atoms with E-state index in [0.29, 0.717) is 11.1 Å². The van der Waals surface area contributed by atoms with Gasteiger partial charge in [0.05, 0.1) is 0 Å². The normalized spacial score (nSPS) is 11.1. The zero-order valence-corrected chi connectivity index (χ0v) is 11.8. The molecule has 0 aliphatic heterocycles. The highest BCUT2D eigenvalue weighted by Gasteiger charge is 2.38. The number of likely N-dealkylation sites (N-methyl/N-ethyl adjacent to an activating group) is 1. The van der Waals surface area contributed by atoms with E-state index in [1.54, 1.807) is 12.1 Å². The summed E-state index contributed by atoms with van der Waals surface area (Å²) in [6, 6.07) is 6.07. The minimum atomic E-state index is -4.70. The molecule has 0 aliphatic carbocycles. The average molecular weight is 328 g/mol. The Morgan fingerprint density at radius 3 is 2.35 bits per heavy atom. The van der Waals surface area contributed by atoms with Crippen molar-refractivity contribution in [2.24, 2.45) is 0 Å². The number of rotatable bonds is 3. The highest BCUT2D eigenvalue weighted by atomic mass is 19.4. The maximum absolute atomic E-state index is 12.4. The summed E-state index contributed by atoms with van der Waals surface area (Å²) in [6.45, 7) is 0.0899. The Labute approximate surface area is 127 Å². The van der Waals surface area contributed by atoms with Gasteiger partial charge in [-0.2, -0.15) is 18.2 Å². The van der Waals surface area contributed by atoms with Crippen LogP contribution in [0.25, 0.3) is 11.4 Å². The van der Waals surface area contributed by atoms with Crippen molar-refractivity contribution in [1.29, 1.82) is 0 Å². The summed E-state index contributed by atoms with van der Waals surface area (Å²) in [5.41, 5.74) is 0.969. The fourth-order valence-electron chi connectivity index (χ4n) is 1.60. The fourth-order valence-corrected chi connectivity index (χ4v) is 1.60. The molecule has 0 unspecified atom stereocenters. The predicted molar refractivity (Wildman–Crippen MR) is 70.6 cm³/mol. The lowest BCUT2D eigenvalue weighted by Gasteiger charge is -2.04. The Morgan fingerprint density at radius 1 is 1.17 bits per heavy atom. The summed E-state index contributed by atoms with van der Waals surface area (Å²) in [5, 5.41) is 7.82. The maximum atomic E-state index is 12.4. The van der Waals surface area contributed by atoms with E-state index in [1.807, 2.05) is 0 Å². The second-order valence-corrected chi connectivity index (χ2v) is 4.38. The predicted octanol–water partition coefficient (Wildman–Crippen LogP) is 1.12. The smallest absolute Gasteiger partial charge is 0.351 e. The molecule has 0 aliphatic rings. The van der Waals surface area contributed by atoms with Crippen LogP contribution in [-0.4, -0.2) is 29.0 Å². The number of carbonyl (C=O) groups excluding carboxylic acids is 2. The largest absolute Gasteiger partial charge is 0.471 e. The lowest BCUT2D eigenvalue weighted by Crippen LogP contribution is -2.37. The van der Waals surface area contributed by atoms with Gasteiger partial charge < -0.3 is 15.2 Å². The van der Waals surface area contributed by atoms with Crippen molar-refractivity contribution in [2.45, 2.75) is 12.7 Å². The van der Waals surface area contributed by atoms with Crippen LogP contribution in [0, 0.1) is 0 Å². The molecule has 2 N–H and O–H groups in total. The molecule has 0 bridgehead atoms. The number of amides is 2. The minimum absolute atomic E-state index is 0.0899. The van der Waals surface area contributed by atoms with Crippen molar-refractivity contribution in [2.75, 3.05) is 7.05 Å². The van der Waals surface area contributed by atoms with Gasteiger partial charge in [0, 0.05) is 19.2 Å². The molecule has 0 spiro atoms. The molecule has 10 heteroatoms. The van der Waals surface area contributed by atoms with E-state index in [2.05, 4.69) is 25.3 Å². The molecule has 122 valence electrons. The van der Waals surface area contributed by atoms with E-state index in [-0.39, 0.29) is 12.4 Å². The molecule has 0 saturated carbocycles. The molecule has 1 aromatic heterocycles. The SMILES string of the molecule is CNC(=O)C(=O)NCc1ccc(-c2noc(C(F)(F)F)n2)cc1. The first-order valence-electron chi connectivity index (χ1n) is 6.31. The number of benzene rings is 1. The molecular formula is C13H11F3N4O3. The second-order valence-electron chi connectivity index (χ2n) is 4.38.